The molecule has 154 valence electrons. The van der Waals surface area contributed by atoms with E-state index in [-0.39, 0.29) is 12.0 Å². The minimum atomic E-state index is -0.443. The summed E-state index contributed by atoms with van der Waals surface area (Å²) in [6.07, 6.45) is 5.33. The Morgan fingerprint density at radius 2 is 2.04 bits per heavy atom. The monoisotopic (exact) mass is 390 g/mol. The zero-order valence-corrected chi connectivity index (χ0v) is 16.8. The first kappa shape index (κ1) is 19.3. The molecule has 28 heavy (non-hydrogen) atoms. The van der Waals surface area contributed by atoms with Crippen LogP contribution >= 0.6 is 0 Å². The van der Waals surface area contributed by atoms with E-state index in [4.69, 9.17) is 9.15 Å². The zero-order valence-electron chi connectivity index (χ0n) is 16.8. The molecule has 0 saturated carbocycles. The SMILES string of the molecule is CN(C)[C@@H]1CCN(CCN2CC3(CCN(C(=O)c4ccoc4)CC3)OC2=O)C1. The van der Waals surface area contributed by atoms with Gasteiger partial charge in [-0.3, -0.25) is 9.69 Å². The molecular weight excluding hydrogens is 360 g/mol. The number of carbonyl (C=O) groups is 2. The average Bonchev–Trinajstić information content (AvgIpc) is 3.41. The maximum absolute atomic E-state index is 12.5. The number of hydrogen-bond acceptors (Lipinski definition) is 6. The van der Waals surface area contributed by atoms with E-state index in [0.717, 1.165) is 19.6 Å². The molecule has 4 heterocycles. The van der Waals surface area contributed by atoms with Crippen LogP contribution in [0.4, 0.5) is 4.79 Å². The quantitative estimate of drug-likeness (QED) is 0.756. The van der Waals surface area contributed by atoms with Crippen LogP contribution in [0.2, 0.25) is 0 Å². The number of piperidine rings is 1. The predicted octanol–water partition coefficient (Wildman–Crippen LogP) is 1.34. The van der Waals surface area contributed by atoms with Crippen molar-refractivity contribution in [3.8, 4) is 0 Å². The van der Waals surface area contributed by atoms with Crippen molar-refractivity contribution in [1.29, 1.82) is 0 Å². The van der Waals surface area contributed by atoms with Crippen molar-refractivity contribution < 1.29 is 18.7 Å². The van der Waals surface area contributed by atoms with Gasteiger partial charge in [0.15, 0.2) is 0 Å². The van der Waals surface area contributed by atoms with Gasteiger partial charge in [-0.1, -0.05) is 0 Å². The molecule has 1 spiro atoms. The van der Waals surface area contributed by atoms with Gasteiger partial charge in [-0.05, 0) is 33.1 Å². The molecule has 3 saturated heterocycles. The first-order valence-electron chi connectivity index (χ1n) is 10.1. The van der Waals surface area contributed by atoms with Gasteiger partial charge in [-0.25, -0.2) is 4.79 Å². The normalized spacial score (nSPS) is 25.1. The molecule has 8 nitrogen and oxygen atoms in total. The number of furan rings is 1. The Morgan fingerprint density at radius 3 is 2.68 bits per heavy atom. The van der Waals surface area contributed by atoms with E-state index in [2.05, 4.69) is 23.9 Å². The Labute approximate surface area is 166 Å². The van der Waals surface area contributed by atoms with Gasteiger partial charge in [0.2, 0.25) is 0 Å². The highest BCUT2D eigenvalue weighted by Crippen LogP contribution is 2.33. The second kappa shape index (κ2) is 7.75. The number of amides is 2. The van der Waals surface area contributed by atoms with Gasteiger partial charge >= 0.3 is 6.09 Å². The van der Waals surface area contributed by atoms with Crippen LogP contribution in [0.5, 0.6) is 0 Å². The number of hydrogen-bond donors (Lipinski definition) is 0. The molecule has 0 N–H and O–H groups in total. The van der Waals surface area contributed by atoms with Gasteiger partial charge in [0.05, 0.1) is 18.4 Å². The fraction of sp³-hybridized carbons (Fsp3) is 0.700. The molecule has 1 aromatic rings. The van der Waals surface area contributed by atoms with Gasteiger partial charge in [-0.15, -0.1) is 0 Å². The van der Waals surface area contributed by atoms with Crippen molar-refractivity contribution in [3.05, 3.63) is 24.2 Å². The van der Waals surface area contributed by atoms with Crippen molar-refractivity contribution in [2.24, 2.45) is 0 Å². The summed E-state index contributed by atoms with van der Waals surface area (Å²) in [6, 6.07) is 2.29. The summed E-state index contributed by atoms with van der Waals surface area (Å²) in [5.74, 6) is -0.0192. The Hall–Kier alpha value is -2.06. The summed E-state index contributed by atoms with van der Waals surface area (Å²) < 4.78 is 10.8. The molecule has 3 aliphatic rings. The molecule has 0 aliphatic carbocycles. The minimum Gasteiger partial charge on any atom is -0.472 e. The summed E-state index contributed by atoms with van der Waals surface area (Å²) >= 11 is 0. The van der Waals surface area contributed by atoms with E-state index in [1.54, 1.807) is 6.07 Å². The van der Waals surface area contributed by atoms with Gasteiger partial charge in [0, 0.05) is 51.6 Å². The van der Waals surface area contributed by atoms with Gasteiger partial charge in [0.25, 0.3) is 5.91 Å². The number of likely N-dealkylation sites (N-methyl/N-ethyl adjacent to an activating group) is 1. The molecular formula is C20H30N4O4. The topological polar surface area (TPSA) is 69.5 Å². The van der Waals surface area contributed by atoms with Crippen LogP contribution in [0.25, 0.3) is 0 Å². The second-order valence-electron chi connectivity index (χ2n) is 8.48. The molecule has 4 rings (SSSR count). The standard InChI is InChI=1S/C20H30N4O4/c1-21(2)17-3-7-22(13-17)10-11-24-15-20(28-19(24)26)5-8-23(9-6-20)18(25)16-4-12-27-14-16/h4,12,14,17H,3,5-11,13,15H2,1-2H3/t17-/m1/s1. The first-order chi connectivity index (χ1) is 13.5. The van der Waals surface area contributed by atoms with E-state index in [0.29, 0.717) is 50.6 Å². The molecule has 3 aliphatic heterocycles. The molecule has 8 heteroatoms. The van der Waals surface area contributed by atoms with Crippen molar-refractivity contribution in [2.45, 2.75) is 30.9 Å². The predicted molar refractivity (Wildman–Crippen MR) is 103 cm³/mol. The van der Waals surface area contributed by atoms with E-state index in [1.807, 2.05) is 9.80 Å². The minimum absolute atomic E-state index is 0.0192. The number of ether oxygens (including phenoxy) is 1. The summed E-state index contributed by atoms with van der Waals surface area (Å²) in [5, 5.41) is 0. The smallest absolute Gasteiger partial charge is 0.410 e. The maximum atomic E-state index is 12.5. The Bertz CT molecular complexity index is 697. The van der Waals surface area contributed by atoms with Crippen LogP contribution in [-0.4, -0.2) is 103 Å². The highest BCUT2D eigenvalue weighted by molar-refractivity contribution is 5.93. The lowest BCUT2D eigenvalue weighted by molar-refractivity contribution is 0.00311. The van der Waals surface area contributed by atoms with Crippen LogP contribution in [0, 0.1) is 0 Å². The summed E-state index contributed by atoms with van der Waals surface area (Å²) in [4.78, 5) is 33.2. The number of likely N-dealkylation sites (tertiary alicyclic amines) is 2. The Balaban J connectivity index is 1.26. The van der Waals surface area contributed by atoms with Crippen molar-refractivity contribution >= 4 is 12.0 Å². The molecule has 0 aromatic carbocycles. The van der Waals surface area contributed by atoms with Crippen molar-refractivity contribution in [2.75, 3.05) is 59.9 Å². The van der Waals surface area contributed by atoms with Gasteiger partial charge in [-0.2, -0.15) is 0 Å². The molecule has 3 fully saturated rings. The molecule has 0 bridgehead atoms. The molecule has 1 atom stereocenters. The van der Waals surface area contributed by atoms with E-state index >= 15 is 0 Å². The van der Waals surface area contributed by atoms with Crippen LogP contribution in [0.1, 0.15) is 29.6 Å². The number of carbonyl (C=O) groups excluding carboxylic acids is 2. The zero-order chi connectivity index (χ0) is 19.7. The van der Waals surface area contributed by atoms with Crippen LogP contribution < -0.4 is 0 Å². The van der Waals surface area contributed by atoms with E-state index in [1.165, 1.54) is 18.9 Å². The summed E-state index contributed by atoms with van der Waals surface area (Å²) in [6.45, 7) is 5.57. The number of rotatable bonds is 5. The highest BCUT2D eigenvalue weighted by Gasteiger charge is 2.47. The summed E-state index contributed by atoms with van der Waals surface area (Å²) in [5.41, 5.74) is 0.129. The summed E-state index contributed by atoms with van der Waals surface area (Å²) in [7, 11) is 4.25. The molecule has 0 radical (unpaired) electrons. The lowest BCUT2D eigenvalue weighted by atomic mass is 9.91. The fourth-order valence-electron chi connectivity index (χ4n) is 4.51. The number of nitrogens with zero attached hydrogens (tertiary/aromatic N) is 4. The highest BCUT2D eigenvalue weighted by atomic mass is 16.6. The van der Waals surface area contributed by atoms with Gasteiger partial charge < -0.3 is 23.9 Å². The third-order valence-electron chi connectivity index (χ3n) is 6.43. The average molecular weight is 390 g/mol. The third-order valence-corrected chi connectivity index (χ3v) is 6.43. The molecule has 0 unspecified atom stereocenters. The third kappa shape index (κ3) is 3.89. The second-order valence-corrected chi connectivity index (χ2v) is 8.48. The Morgan fingerprint density at radius 1 is 1.25 bits per heavy atom. The van der Waals surface area contributed by atoms with Crippen molar-refractivity contribution in [3.63, 3.8) is 0 Å². The molecule has 1 aromatic heterocycles. The fourth-order valence-corrected chi connectivity index (χ4v) is 4.51. The van der Waals surface area contributed by atoms with Crippen molar-refractivity contribution in [1.82, 2.24) is 19.6 Å². The Kier molecular flexibility index (Phi) is 5.33. The van der Waals surface area contributed by atoms with Crippen LogP contribution in [-0.2, 0) is 4.74 Å². The van der Waals surface area contributed by atoms with Crippen LogP contribution in [0.15, 0.2) is 23.0 Å². The van der Waals surface area contributed by atoms with Gasteiger partial charge in [0.1, 0.15) is 11.9 Å². The van der Waals surface area contributed by atoms with E-state index in [9.17, 15) is 9.59 Å². The lowest BCUT2D eigenvalue weighted by Crippen LogP contribution is -2.49. The van der Waals surface area contributed by atoms with Crippen LogP contribution in [0.3, 0.4) is 0 Å². The largest absolute Gasteiger partial charge is 0.472 e. The lowest BCUT2D eigenvalue weighted by Gasteiger charge is -2.37. The molecule has 2 amide bonds. The first-order valence-corrected chi connectivity index (χ1v) is 10.1. The van der Waals surface area contributed by atoms with E-state index < -0.39 is 5.60 Å². The maximum Gasteiger partial charge on any atom is 0.410 e.